The van der Waals surface area contributed by atoms with Crippen LogP contribution in [0.2, 0.25) is 0 Å². The van der Waals surface area contributed by atoms with Crippen LogP contribution in [0, 0.1) is 18.3 Å². The topological polar surface area (TPSA) is 52.5 Å². The zero-order valence-corrected chi connectivity index (χ0v) is 13.8. The van der Waals surface area contributed by atoms with Crippen molar-refractivity contribution in [2.24, 2.45) is 0 Å². The van der Waals surface area contributed by atoms with Crippen molar-refractivity contribution in [1.29, 1.82) is 5.26 Å². The highest BCUT2D eigenvalue weighted by Crippen LogP contribution is 2.32. The minimum absolute atomic E-state index is 0.664. The Kier molecular flexibility index (Phi) is 3.51. The zero-order chi connectivity index (χ0) is 15.8. The molecule has 3 aromatic rings. The number of nitriles is 1. The first-order valence-corrected chi connectivity index (χ1v) is 8.76. The molecule has 0 saturated carbocycles. The van der Waals surface area contributed by atoms with E-state index in [4.69, 9.17) is 4.98 Å². The number of rotatable bonds is 2. The molecule has 1 aromatic carbocycles. The van der Waals surface area contributed by atoms with Crippen molar-refractivity contribution in [3.8, 4) is 6.07 Å². The summed E-state index contributed by atoms with van der Waals surface area (Å²) < 4.78 is 0. The molecule has 1 N–H and O–H groups in total. The Morgan fingerprint density at radius 2 is 2.13 bits per heavy atom. The number of thiazole rings is 1. The molecule has 0 saturated heterocycles. The van der Waals surface area contributed by atoms with Crippen molar-refractivity contribution in [2.45, 2.75) is 32.6 Å². The average molecular weight is 319 g/mol. The zero-order valence-electron chi connectivity index (χ0n) is 13.0. The molecule has 0 aliphatic heterocycles. The van der Waals surface area contributed by atoms with E-state index in [-0.39, 0.29) is 0 Å². The number of allylic oxidation sites excluding steroid dienone is 1. The molecule has 114 valence electrons. The van der Waals surface area contributed by atoms with Gasteiger partial charge in [0.2, 0.25) is 0 Å². The number of nitrogens with zero attached hydrogens (tertiary/aromatic N) is 2. The molecule has 2 aromatic heterocycles. The summed E-state index contributed by atoms with van der Waals surface area (Å²) in [7, 11) is 0. The van der Waals surface area contributed by atoms with E-state index < -0.39 is 0 Å². The van der Waals surface area contributed by atoms with Gasteiger partial charge in [0.1, 0.15) is 11.1 Å². The van der Waals surface area contributed by atoms with E-state index in [0.717, 1.165) is 40.0 Å². The number of fused-ring (bicyclic) bond motifs is 2. The second-order valence-corrected chi connectivity index (χ2v) is 7.06. The Morgan fingerprint density at radius 1 is 1.30 bits per heavy atom. The molecule has 3 nitrogen and oxygen atoms in total. The van der Waals surface area contributed by atoms with Gasteiger partial charge in [-0.05, 0) is 44.7 Å². The predicted octanol–water partition coefficient (Wildman–Crippen LogP) is 4.88. The lowest BCUT2D eigenvalue weighted by Crippen LogP contribution is -1.99. The Morgan fingerprint density at radius 3 is 2.96 bits per heavy atom. The minimum Gasteiger partial charge on any atom is -0.358 e. The van der Waals surface area contributed by atoms with E-state index >= 15 is 0 Å². The van der Waals surface area contributed by atoms with Gasteiger partial charge in [-0.1, -0.05) is 18.2 Å². The third-order valence-electron chi connectivity index (χ3n) is 4.43. The number of hydrogen-bond donors (Lipinski definition) is 1. The maximum atomic E-state index is 9.64. The van der Waals surface area contributed by atoms with Gasteiger partial charge in [0, 0.05) is 27.0 Å². The molecule has 23 heavy (non-hydrogen) atoms. The summed E-state index contributed by atoms with van der Waals surface area (Å²) in [5.41, 5.74) is 5.14. The van der Waals surface area contributed by atoms with E-state index in [1.54, 1.807) is 11.3 Å². The number of aromatic amines is 1. The van der Waals surface area contributed by atoms with Gasteiger partial charge in [-0.25, -0.2) is 4.98 Å². The average Bonchev–Trinajstić information content (AvgIpc) is 3.13. The van der Waals surface area contributed by atoms with Crippen LogP contribution in [0.1, 0.15) is 39.7 Å². The second kappa shape index (κ2) is 5.68. The number of benzene rings is 1. The second-order valence-electron chi connectivity index (χ2n) is 5.98. The highest BCUT2D eigenvalue weighted by atomic mass is 32.1. The summed E-state index contributed by atoms with van der Waals surface area (Å²) in [6, 6.07) is 10.6. The summed E-state index contributed by atoms with van der Waals surface area (Å²) in [6.07, 6.45) is 6.60. The number of H-pyrrole nitrogens is 1. The molecule has 1 aliphatic carbocycles. The number of aromatic nitrogens is 2. The van der Waals surface area contributed by atoms with Gasteiger partial charge in [-0.3, -0.25) is 0 Å². The van der Waals surface area contributed by atoms with Crippen LogP contribution in [0.15, 0.2) is 24.3 Å². The van der Waals surface area contributed by atoms with Crippen molar-refractivity contribution in [3.05, 3.63) is 51.1 Å². The Labute approximate surface area is 139 Å². The van der Waals surface area contributed by atoms with Gasteiger partial charge in [-0.15, -0.1) is 11.3 Å². The van der Waals surface area contributed by atoms with E-state index in [0.29, 0.717) is 5.57 Å². The lowest BCUT2D eigenvalue weighted by molar-refractivity contribution is 0.682. The number of aryl methyl sites for hydroxylation is 3. The van der Waals surface area contributed by atoms with E-state index in [2.05, 4.69) is 23.2 Å². The summed E-state index contributed by atoms with van der Waals surface area (Å²) in [6.45, 7) is 2.05. The minimum atomic E-state index is 0.664. The number of para-hydroxylation sites is 1. The van der Waals surface area contributed by atoms with Gasteiger partial charge in [0.15, 0.2) is 0 Å². The molecule has 0 atom stereocenters. The van der Waals surface area contributed by atoms with Crippen molar-refractivity contribution in [2.75, 3.05) is 0 Å². The number of hydrogen-bond acceptors (Lipinski definition) is 3. The molecule has 2 heterocycles. The van der Waals surface area contributed by atoms with Gasteiger partial charge >= 0.3 is 0 Å². The first kappa shape index (κ1) is 14.2. The van der Waals surface area contributed by atoms with Gasteiger partial charge in [0.05, 0.1) is 11.3 Å². The van der Waals surface area contributed by atoms with Crippen LogP contribution in [-0.4, -0.2) is 9.97 Å². The molecular formula is C19H17N3S. The van der Waals surface area contributed by atoms with Crippen LogP contribution < -0.4 is 0 Å². The fourth-order valence-electron chi connectivity index (χ4n) is 3.24. The standard InChI is InChI=1S/C19H17N3S/c1-12-15(14-6-2-3-7-16(14)21-12)10-13(11-20)19-22-17-8-4-5-9-18(17)23-19/h2-3,6-7,10,21H,4-5,8-9H2,1H3/b13-10+. The van der Waals surface area contributed by atoms with Crippen molar-refractivity contribution >= 4 is 33.9 Å². The van der Waals surface area contributed by atoms with Crippen LogP contribution in [0.4, 0.5) is 0 Å². The molecule has 0 amide bonds. The first-order chi connectivity index (χ1) is 11.3. The van der Waals surface area contributed by atoms with Crippen LogP contribution in [0.25, 0.3) is 22.6 Å². The summed E-state index contributed by atoms with van der Waals surface area (Å²) >= 11 is 1.69. The SMILES string of the molecule is Cc1[nH]c2ccccc2c1/C=C(\C#N)c1nc2c(s1)CCCC2. The summed E-state index contributed by atoms with van der Waals surface area (Å²) in [4.78, 5) is 9.48. The molecular weight excluding hydrogens is 302 g/mol. The molecule has 0 bridgehead atoms. The van der Waals surface area contributed by atoms with Crippen LogP contribution in [-0.2, 0) is 12.8 Å². The van der Waals surface area contributed by atoms with E-state index in [1.165, 1.54) is 23.4 Å². The van der Waals surface area contributed by atoms with Crippen LogP contribution >= 0.6 is 11.3 Å². The maximum Gasteiger partial charge on any atom is 0.134 e. The molecule has 4 rings (SSSR count). The molecule has 0 radical (unpaired) electrons. The lowest BCUT2D eigenvalue weighted by atomic mass is 10.0. The molecule has 1 aliphatic rings. The lowest BCUT2D eigenvalue weighted by Gasteiger charge is -2.06. The van der Waals surface area contributed by atoms with Crippen molar-refractivity contribution < 1.29 is 0 Å². The third-order valence-corrected chi connectivity index (χ3v) is 5.62. The Bertz CT molecular complexity index is 929. The normalized spacial score (nSPS) is 14.7. The highest BCUT2D eigenvalue weighted by Gasteiger charge is 2.18. The largest absolute Gasteiger partial charge is 0.358 e. The number of nitrogens with one attached hydrogen (secondary N) is 1. The van der Waals surface area contributed by atoms with Gasteiger partial charge in [0.25, 0.3) is 0 Å². The van der Waals surface area contributed by atoms with E-state index in [1.807, 2.05) is 25.1 Å². The quantitative estimate of drug-likeness (QED) is 0.685. The highest BCUT2D eigenvalue weighted by molar-refractivity contribution is 7.13. The maximum absolute atomic E-state index is 9.64. The summed E-state index contributed by atoms with van der Waals surface area (Å²) in [5, 5.41) is 11.7. The predicted molar refractivity (Wildman–Crippen MR) is 95.3 cm³/mol. The third kappa shape index (κ3) is 2.47. The van der Waals surface area contributed by atoms with Crippen LogP contribution in [0.5, 0.6) is 0 Å². The fourth-order valence-corrected chi connectivity index (χ4v) is 4.35. The van der Waals surface area contributed by atoms with Gasteiger partial charge in [-0.2, -0.15) is 5.26 Å². The van der Waals surface area contributed by atoms with E-state index in [9.17, 15) is 5.26 Å². The Balaban J connectivity index is 1.83. The van der Waals surface area contributed by atoms with Crippen LogP contribution in [0.3, 0.4) is 0 Å². The summed E-state index contributed by atoms with van der Waals surface area (Å²) in [5.74, 6) is 0. The monoisotopic (exact) mass is 319 g/mol. The fraction of sp³-hybridized carbons (Fsp3) is 0.263. The molecule has 4 heteroatoms. The molecule has 0 unspecified atom stereocenters. The molecule has 0 spiro atoms. The van der Waals surface area contributed by atoms with Crippen molar-refractivity contribution in [1.82, 2.24) is 9.97 Å². The van der Waals surface area contributed by atoms with Gasteiger partial charge < -0.3 is 4.98 Å². The molecule has 0 fully saturated rings. The first-order valence-electron chi connectivity index (χ1n) is 7.94. The smallest absolute Gasteiger partial charge is 0.134 e. The van der Waals surface area contributed by atoms with Crippen molar-refractivity contribution in [3.63, 3.8) is 0 Å². The Hall–Kier alpha value is -2.38.